The summed E-state index contributed by atoms with van der Waals surface area (Å²) in [5, 5.41) is 0. The molecule has 1 aliphatic rings. The second kappa shape index (κ2) is 6.97. The number of primary amides is 1. The van der Waals surface area contributed by atoms with Gasteiger partial charge in [-0.25, -0.2) is 0 Å². The van der Waals surface area contributed by atoms with Gasteiger partial charge in [0.05, 0.1) is 11.6 Å². The molecule has 100 valence electrons. The molecule has 1 saturated carbocycles. The molecule has 4 heteroatoms. The van der Waals surface area contributed by atoms with E-state index >= 15 is 0 Å². The second-order valence-electron chi connectivity index (χ2n) is 5.17. The minimum atomic E-state index is -0.841. The number of nitrogens with two attached hydrogens (primary N) is 2. The molecule has 0 aliphatic heterocycles. The maximum absolute atomic E-state index is 11.3. The van der Waals surface area contributed by atoms with E-state index in [0.29, 0.717) is 12.8 Å². The lowest BCUT2D eigenvalue weighted by Gasteiger charge is -2.35. The lowest BCUT2D eigenvalue weighted by Crippen LogP contribution is -2.56. The average Bonchev–Trinajstić information content (AvgIpc) is 2.29. The van der Waals surface area contributed by atoms with Crippen molar-refractivity contribution >= 4 is 5.91 Å². The maximum Gasteiger partial charge on any atom is 0.237 e. The largest absolute Gasteiger partial charge is 0.378 e. The van der Waals surface area contributed by atoms with Crippen molar-refractivity contribution in [2.45, 2.75) is 69.9 Å². The molecule has 0 aromatic heterocycles. The molecule has 1 rings (SSSR count). The number of carbonyl (C=O) groups is 1. The predicted molar refractivity (Wildman–Crippen MR) is 68.5 cm³/mol. The minimum absolute atomic E-state index is 0.114. The summed E-state index contributed by atoms with van der Waals surface area (Å²) < 4.78 is 5.79. The summed E-state index contributed by atoms with van der Waals surface area (Å²) in [6.45, 7) is 2.97. The van der Waals surface area contributed by atoms with Crippen LogP contribution in [0.4, 0.5) is 0 Å². The van der Waals surface area contributed by atoms with E-state index in [0.717, 1.165) is 25.9 Å². The average molecular weight is 242 g/mol. The summed E-state index contributed by atoms with van der Waals surface area (Å²) >= 11 is 0. The van der Waals surface area contributed by atoms with Crippen molar-refractivity contribution in [3.63, 3.8) is 0 Å². The Morgan fingerprint density at radius 2 is 2.18 bits per heavy atom. The van der Waals surface area contributed by atoms with Crippen LogP contribution in [0.25, 0.3) is 0 Å². The zero-order valence-corrected chi connectivity index (χ0v) is 10.9. The van der Waals surface area contributed by atoms with Crippen LogP contribution in [0.3, 0.4) is 0 Å². The van der Waals surface area contributed by atoms with E-state index in [1.54, 1.807) is 0 Å². The standard InChI is InChI=1S/C13H26N2O2/c1-2-3-4-5-9-17-11-7-6-8-13(15,10-11)12(14)16/h11H,2-10,15H2,1H3,(H2,14,16). The zero-order valence-electron chi connectivity index (χ0n) is 10.9. The molecular weight excluding hydrogens is 216 g/mol. The Balaban J connectivity index is 2.23. The first-order valence-corrected chi connectivity index (χ1v) is 6.79. The van der Waals surface area contributed by atoms with Crippen molar-refractivity contribution in [1.82, 2.24) is 0 Å². The highest BCUT2D eigenvalue weighted by Crippen LogP contribution is 2.28. The van der Waals surface area contributed by atoms with E-state index in [1.807, 2.05) is 0 Å². The number of hydrogen-bond acceptors (Lipinski definition) is 3. The summed E-state index contributed by atoms with van der Waals surface area (Å²) in [7, 11) is 0. The number of hydrogen-bond donors (Lipinski definition) is 2. The third kappa shape index (κ3) is 4.64. The van der Waals surface area contributed by atoms with Crippen molar-refractivity contribution in [3.8, 4) is 0 Å². The van der Waals surface area contributed by atoms with Crippen molar-refractivity contribution in [1.29, 1.82) is 0 Å². The van der Waals surface area contributed by atoms with Gasteiger partial charge in [-0.15, -0.1) is 0 Å². The highest BCUT2D eigenvalue weighted by atomic mass is 16.5. The molecule has 1 fully saturated rings. The Labute approximate surface area is 104 Å². The van der Waals surface area contributed by atoms with Crippen LogP contribution < -0.4 is 11.5 Å². The molecule has 0 spiro atoms. The summed E-state index contributed by atoms with van der Waals surface area (Å²) in [5.74, 6) is -0.392. The van der Waals surface area contributed by atoms with Gasteiger partial charge in [0.25, 0.3) is 0 Å². The topological polar surface area (TPSA) is 78.3 Å². The van der Waals surface area contributed by atoms with Crippen LogP contribution in [-0.4, -0.2) is 24.2 Å². The quantitative estimate of drug-likeness (QED) is 0.667. The normalized spacial score (nSPS) is 29.2. The Hall–Kier alpha value is -0.610. The van der Waals surface area contributed by atoms with Gasteiger partial charge < -0.3 is 16.2 Å². The highest BCUT2D eigenvalue weighted by molar-refractivity contribution is 5.84. The number of unbranched alkanes of at least 4 members (excludes halogenated alkanes) is 3. The molecule has 2 atom stereocenters. The van der Waals surface area contributed by atoms with E-state index in [-0.39, 0.29) is 6.10 Å². The van der Waals surface area contributed by atoms with E-state index in [1.165, 1.54) is 19.3 Å². The molecule has 0 bridgehead atoms. The van der Waals surface area contributed by atoms with Crippen LogP contribution in [0.15, 0.2) is 0 Å². The highest BCUT2D eigenvalue weighted by Gasteiger charge is 2.38. The van der Waals surface area contributed by atoms with Gasteiger partial charge in [0.1, 0.15) is 0 Å². The van der Waals surface area contributed by atoms with Crippen molar-refractivity contribution in [2.75, 3.05) is 6.61 Å². The van der Waals surface area contributed by atoms with Crippen LogP contribution in [-0.2, 0) is 9.53 Å². The van der Waals surface area contributed by atoms with E-state index in [4.69, 9.17) is 16.2 Å². The molecule has 0 radical (unpaired) electrons. The fraction of sp³-hybridized carbons (Fsp3) is 0.923. The number of amides is 1. The van der Waals surface area contributed by atoms with Gasteiger partial charge >= 0.3 is 0 Å². The monoisotopic (exact) mass is 242 g/mol. The SMILES string of the molecule is CCCCCCOC1CCCC(N)(C(N)=O)C1. The van der Waals surface area contributed by atoms with Crippen LogP contribution in [0.1, 0.15) is 58.3 Å². The smallest absolute Gasteiger partial charge is 0.237 e. The predicted octanol–water partition coefficient (Wildman–Crippen LogP) is 1.71. The van der Waals surface area contributed by atoms with Crippen LogP contribution in [0.2, 0.25) is 0 Å². The van der Waals surface area contributed by atoms with Crippen molar-refractivity contribution in [3.05, 3.63) is 0 Å². The van der Waals surface area contributed by atoms with Crippen LogP contribution in [0, 0.1) is 0 Å². The van der Waals surface area contributed by atoms with Gasteiger partial charge in [0.15, 0.2) is 0 Å². The molecule has 0 aromatic carbocycles. The molecule has 0 saturated heterocycles. The lowest BCUT2D eigenvalue weighted by molar-refractivity contribution is -0.126. The summed E-state index contributed by atoms with van der Waals surface area (Å²) in [5.41, 5.74) is 10.5. The van der Waals surface area contributed by atoms with E-state index in [2.05, 4.69) is 6.92 Å². The molecule has 1 amide bonds. The molecule has 1 aliphatic carbocycles. The van der Waals surface area contributed by atoms with Gasteiger partial charge in [-0.2, -0.15) is 0 Å². The molecule has 0 aromatic rings. The lowest BCUT2D eigenvalue weighted by atomic mass is 9.80. The van der Waals surface area contributed by atoms with Crippen LogP contribution >= 0.6 is 0 Å². The Morgan fingerprint density at radius 1 is 1.41 bits per heavy atom. The molecule has 4 nitrogen and oxygen atoms in total. The first-order valence-electron chi connectivity index (χ1n) is 6.79. The molecule has 0 heterocycles. The van der Waals surface area contributed by atoms with Crippen molar-refractivity contribution in [2.24, 2.45) is 11.5 Å². The second-order valence-corrected chi connectivity index (χ2v) is 5.17. The molecule has 17 heavy (non-hydrogen) atoms. The zero-order chi connectivity index (χ0) is 12.7. The molecule has 4 N–H and O–H groups in total. The maximum atomic E-state index is 11.3. The third-order valence-electron chi connectivity index (χ3n) is 3.58. The summed E-state index contributed by atoms with van der Waals surface area (Å²) in [6, 6.07) is 0. The summed E-state index contributed by atoms with van der Waals surface area (Å²) in [6.07, 6.45) is 8.12. The summed E-state index contributed by atoms with van der Waals surface area (Å²) in [4.78, 5) is 11.3. The van der Waals surface area contributed by atoms with Gasteiger partial charge in [-0.1, -0.05) is 26.2 Å². The molecule has 2 unspecified atom stereocenters. The number of ether oxygens (including phenoxy) is 1. The Morgan fingerprint density at radius 3 is 2.82 bits per heavy atom. The first-order chi connectivity index (χ1) is 8.08. The fourth-order valence-corrected chi connectivity index (χ4v) is 2.40. The Kier molecular flexibility index (Phi) is 5.92. The van der Waals surface area contributed by atoms with Crippen molar-refractivity contribution < 1.29 is 9.53 Å². The first kappa shape index (κ1) is 14.5. The van der Waals surface area contributed by atoms with Gasteiger partial charge in [-0.05, 0) is 25.7 Å². The van der Waals surface area contributed by atoms with Gasteiger partial charge in [0.2, 0.25) is 5.91 Å². The molecular formula is C13H26N2O2. The minimum Gasteiger partial charge on any atom is -0.378 e. The third-order valence-corrected chi connectivity index (χ3v) is 3.58. The van der Waals surface area contributed by atoms with Gasteiger partial charge in [-0.3, -0.25) is 4.79 Å². The number of carbonyl (C=O) groups excluding carboxylic acids is 1. The Bertz CT molecular complexity index is 246. The van der Waals surface area contributed by atoms with E-state index in [9.17, 15) is 4.79 Å². The van der Waals surface area contributed by atoms with Gasteiger partial charge in [0, 0.05) is 13.0 Å². The van der Waals surface area contributed by atoms with Crippen LogP contribution in [0.5, 0.6) is 0 Å². The van der Waals surface area contributed by atoms with E-state index < -0.39 is 11.4 Å². The fourth-order valence-electron chi connectivity index (χ4n) is 2.40. The number of rotatable bonds is 7.